The molecule has 2 N–H and O–H groups in total. The number of hydrogen-bond acceptors (Lipinski definition) is 3. The van der Waals surface area contributed by atoms with Gasteiger partial charge in [0.25, 0.3) is 10.0 Å². The number of halogens is 3. The van der Waals surface area contributed by atoms with Crippen molar-refractivity contribution in [2.45, 2.75) is 4.90 Å². The maximum Gasteiger partial charge on any atom is 0.261 e. The first-order valence-electron chi connectivity index (χ1n) is 5.26. The number of phenols is 1. The molecule has 0 saturated carbocycles. The van der Waals surface area contributed by atoms with Gasteiger partial charge < -0.3 is 5.11 Å². The van der Waals surface area contributed by atoms with Crippen molar-refractivity contribution < 1.29 is 13.5 Å². The van der Waals surface area contributed by atoms with E-state index in [2.05, 4.69) is 4.72 Å². The molecule has 0 aromatic heterocycles. The maximum absolute atomic E-state index is 12.1. The van der Waals surface area contributed by atoms with Gasteiger partial charge >= 0.3 is 0 Å². The number of nitrogens with one attached hydrogen (secondary N) is 1. The van der Waals surface area contributed by atoms with Crippen molar-refractivity contribution in [2.24, 2.45) is 0 Å². The molecule has 0 amide bonds. The molecule has 0 aliphatic carbocycles. The Morgan fingerprint density at radius 3 is 2.15 bits per heavy atom. The fraction of sp³-hybridized carbons (Fsp3) is 0. The second-order valence-corrected chi connectivity index (χ2v) is 6.78. The van der Waals surface area contributed by atoms with E-state index in [0.717, 1.165) is 0 Å². The van der Waals surface area contributed by atoms with Crippen LogP contribution in [0.3, 0.4) is 0 Å². The summed E-state index contributed by atoms with van der Waals surface area (Å²) >= 11 is 17.2. The van der Waals surface area contributed by atoms with Crippen molar-refractivity contribution in [3.8, 4) is 5.75 Å². The summed E-state index contributed by atoms with van der Waals surface area (Å²) in [5, 5.41) is 9.62. The highest BCUT2D eigenvalue weighted by Gasteiger charge is 2.16. The minimum absolute atomic E-state index is 0.00493. The van der Waals surface area contributed by atoms with Crippen LogP contribution in [0.25, 0.3) is 0 Å². The van der Waals surface area contributed by atoms with E-state index >= 15 is 0 Å². The van der Waals surface area contributed by atoms with Crippen molar-refractivity contribution in [2.75, 3.05) is 4.72 Å². The van der Waals surface area contributed by atoms with Gasteiger partial charge in [-0.2, -0.15) is 0 Å². The Balaban J connectivity index is 2.38. The molecular formula is C12H8Cl3NO3S. The van der Waals surface area contributed by atoms with Crippen molar-refractivity contribution >= 4 is 50.5 Å². The fourth-order valence-corrected chi connectivity index (χ4v) is 3.30. The van der Waals surface area contributed by atoms with Crippen LogP contribution in [0.15, 0.2) is 41.3 Å². The van der Waals surface area contributed by atoms with Crippen LogP contribution in [0, 0.1) is 0 Å². The highest BCUT2D eigenvalue weighted by molar-refractivity contribution is 7.92. The lowest BCUT2D eigenvalue weighted by atomic mass is 10.3. The minimum Gasteiger partial charge on any atom is -0.505 e. The molecule has 0 aliphatic heterocycles. The van der Waals surface area contributed by atoms with Crippen LogP contribution in [0.2, 0.25) is 15.1 Å². The maximum atomic E-state index is 12.1. The number of aromatic hydroxyl groups is 1. The van der Waals surface area contributed by atoms with Gasteiger partial charge in [0.05, 0.1) is 20.6 Å². The van der Waals surface area contributed by atoms with E-state index < -0.39 is 10.0 Å². The predicted octanol–water partition coefficient (Wildman–Crippen LogP) is 4.15. The van der Waals surface area contributed by atoms with Gasteiger partial charge in [-0.3, -0.25) is 4.72 Å². The number of sulfonamides is 1. The first-order chi connectivity index (χ1) is 9.29. The van der Waals surface area contributed by atoms with E-state index in [9.17, 15) is 13.5 Å². The van der Waals surface area contributed by atoms with Crippen LogP contribution in [-0.2, 0) is 10.0 Å². The lowest BCUT2D eigenvalue weighted by molar-refractivity contribution is 0.476. The summed E-state index contributed by atoms with van der Waals surface area (Å²) < 4.78 is 26.6. The largest absolute Gasteiger partial charge is 0.505 e. The van der Waals surface area contributed by atoms with Crippen molar-refractivity contribution in [3.63, 3.8) is 0 Å². The molecule has 0 spiro atoms. The molecule has 4 nitrogen and oxygen atoms in total. The number of hydrogen-bond donors (Lipinski definition) is 2. The third kappa shape index (κ3) is 3.30. The molecule has 0 atom stereocenters. The average Bonchev–Trinajstić information content (AvgIpc) is 2.35. The summed E-state index contributed by atoms with van der Waals surface area (Å²) in [7, 11) is -3.82. The highest BCUT2D eigenvalue weighted by Crippen LogP contribution is 2.35. The van der Waals surface area contributed by atoms with E-state index in [1.807, 2.05) is 0 Å². The second kappa shape index (κ2) is 5.69. The Hall–Kier alpha value is -1.14. The molecular weight excluding hydrogens is 345 g/mol. The molecule has 0 radical (unpaired) electrons. The van der Waals surface area contributed by atoms with Gasteiger partial charge in [-0.25, -0.2) is 8.42 Å². The standard InChI is InChI=1S/C12H8Cl3NO3S/c13-7-2-1-3-9(4-7)20(18,19)16-8-5-10(14)12(17)11(15)6-8/h1-6,16-17H. The Labute approximate surface area is 131 Å². The van der Waals surface area contributed by atoms with Crippen LogP contribution >= 0.6 is 34.8 Å². The van der Waals surface area contributed by atoms with E-state index in [1.54, 1.807) is 6.07 Å². The first kappa shape index (κ1) is 15.3. The lowest BCUT2D eigenvalue weighted by Crippen LogP contribution is -2.12. The summed E-state index contributed by atoms with van der Waals surface area (Å²) in [5.74, 6) is -0.306. The molecule has 0 fully saturated rings. The SMILES string of the molecule is O=S(=O)(Nc1cc(Cl)c(O)c(Cl)c1)c1cccc(Cl)c1. The van der Waals surface area contributed by atoms with Gasteiger partial charge in [0, 0.05) is 5.02 Å². The summed E-state index contributed by atoms with van der Waals surface area (Å²) in [6.07, 6.45) is 0. The molecule has 0 aliphatic rings. The number of rotatable bonds is 3. The molecule has 20 heavy (non-hydrogen) atoms. The highest BCUT2D eigenvalue weighted by atomic mass is 35.5. The molecule has 0 saturated heterocycles. The Morgan fingerprint density at radius 2 is 1.60 bits per heavy atom. The van der Waals surface area contributed by atoms with Crippen LogP contribution in [0.1, 0.15) is 0 Å². The van der Waals surface area contributed by atoms with Crippen LogP contribution < -0.4 is 4.72 Å². The summed E-state index contributed by atoms with van der Waals surface area (Å²) in [4.78, 5) is 0.00493. The monoisotopic (exact) mass is 351 g/mol. The molecule has 2 aromatic carbocycles. The molecule has 2 rings (SSSR count). The Morgan fingerprint density at radius 1 is 1.00 bits per heavy atom. The number of anilines is 1. The van der Waals surface area contributed by atoms with Gasteiger partial charge in [0.1, 0.15) is 0 Å². The molecule has 0 heterocycles. The average molecular weight is 353 g/mol. The summed E-state index contributed by atoms with van der Waals surface area (Å²) in [6, 6.07) is 8.31. The van der Waals surface area contributed by atoms with Crippen molar-refractivity contribution in [1.29, 1.82) is 0 Å². The second-order valence-electron chi connectivity index (χ2n) is 3.85. The van der Waals surface area contributed by atoms with Crippen molar-refractivity contribution in [1.82, 2.24) is 0 Å². The number of benzene rings is 2. The van der Waals surface area contributed by atoms with Crippen LogP contribution in [0.5, 0.6) is 5.75 Å². The van der Waals surface area contributed by atoms with Gasteiger partial charge in [0.2, 0.25) is 0 Å². The Bertz CT molecular complexity index is 739. The van der Waals surface area contributed by atoms with Gasteiger partial charge in [0.15, 0.2) is 5.75 Å². The zero-order valence-corrected chi connectivity index (χ0v) is 12.9. The van der Waals surface area contributed by atoms with Crippen LogP contribution in [-0.4, -0.2) is 13.5 Å². The van der Waals surface area contributed by atoms with E-state index in [1.165, 1.54) is 30.3 Å². The fourth-order valence-electron chi connectivity index (χ4n) is 1.47. The van der Waals surface area contributed by atoms with E-state index in [-0.39, 0.29) is 26.4 Å². The Kier molecular flexibility index (Phi) is 4.34. The van der Waals surface area contributed by atoms with Crippen molar-refractivity contribution in [3.05, 3.63) is 51.5 Å². The number of phenolic OH excluding ortho intramolecular Hbond substituents is 1. The van der Waals surface area contributed by atoms with Gasteiger partial charge in [-0.15, -0.1) is 0 Å². The predicted molar refractivity (Wildman–Crippen MR) is 80.4 cm³/mol. The lowest BCUT2D eigenvalue weighted by Gasteiger charge is -2.10. The van der Waals surface area contributed by atoms with Crippen LogP contribution in [0.4, 0.5) is 5.69 Å². The normalized spacial score (nSPS) is 11.3. The quantitative estimate of drug-likeness (QED) is 0.815. The zero-order valence-electron chi connectivity index (χ0n) is 9.77. The topological polar surface area (TPSA) is 66.4 Å². The minimum atomic E-state index is -3.82. The molecule has 2 aromatic rings. The van der Waals surface area contributed by atoms with E-state index in [0.29, 0.717) is 5.02 Å². The summed E-state index contributed by atoms with van der Waals surface area (Å²) in [5.41, 5.74) is 0.137. The molecule has 0 bridgehead atoms. The third-order valence-electron chi connectivity index (χ3n) is 2.38. The van der Waals surface area contributed by atoms with E-state index in [4.69, 9.17) is 34.8 Å². The van der Waals surface area contributed by atoms with Gasteiger partial charge in [-0.05, 0) is 30.3 Å². The zero-order chi connectivity index (χ0) is 14.9. The van der Waals surface area contributed by atoms with Gasteiger partial charge in [-0.1, -0.05) is 40.9 Å². The molecule has 8 heteroatoms. The molecule has 0 unspecified atom stereocenters. The summed E-state index contributed by atoms with van der Waals surface area (Å²) in [6.45, 7) is 0. The molecule has 106 valence electrons. The smallest absolute Gasteiger partial charge is 0.261 e. The first-order valence-corrected chi connectivity index (χ1v) is 7.88. The third-order valence-corrected chi connectivity index (χ3v) is 4.57.